The highest BCUT2D eigenvalue weighted by Crippen LogP contribution is 2.26. The number of fused-ring (bicyclic) bond motifs is 1. The van der Waals surface area contributed by atoms with Crippen molar-refractivity contribution < 1.29 is 19.1 Å². The maximum atomic E-state index is 12.7. The minimum absolute atomic E-state index is 0.196. The topological polar surface area (TPSA) is 123 Å². The molecule has 5 rings (SSSR count). The van der Waals surface area contributed by atoms with Crippen LogP contribution in [0.1, 0.15) is 15.9 Å². The Hall–Kier alpha value is -5.22. The van der Waals surface area contributed by atoms with Crippen LogP contribution in [0.3, 0.4) is 0 Å². The highest BCUT2D eigenvalue weighted by molar-refractivity contribution is 7.18. The van der Waals surface area contributed by atoms with Gasteiger partial charge in [0.15, 0.2) is 0 Å². The third kappa shape index (κ3) is 5.77. The predicted molar refractivity (Wildman–Crippen MR) is 145 cm³/mol. The van der Waals surface area contributed by atoms with E-state index in [0.717, 1.165) is 27.7 Å². The number of carbonyl (C=O) groups is 3. The Kier molecular flexibility index (Phi) is 7.23. The van der Waals surface area contributed by atoms with E-state index in [4.69, 9.17) is 4.74 Å². The highest BCUT2D eigenvalue weighted by atomic mass is 32.1. The molecule has 186 valence electrons. The number of rotatable bonds is 6. The van der Waals surface area contributed by atoms with Crippen LogP contribution in [0.5, 0.6) is 5.75 Å². The summed E-state index contributed by atoms with van der Waals surface area (Å²) in [6.45, 7) is 0. The van der Waals surface area contributed by atoms with Crippen molar-refractivity contribution in [1.82, 2.24) is 15.6 Å². The van der Waals surface area contributed by atoms with E-state index in [0.29, 0.717) is 21.9 Å². The first-order valence-corrected chi connectivity index (χ1v) is 12.2. The zero-order valence-corrected chi connectivity index (χ0v) is 20.5. The number of aromatic nitrogens is 2. The summed E-state index contributed by atoms with van der Waals surface area (Å²) < 4.78 is 5.51. The quantitative estimate of drug-likeness (QED) is 0.110. The largest absolute Gasteiger partial charge is 0.423 e. The van der Waals surface area contributed by atoms with Gasteiger partial charge in [0.2, 0.25) is 5.13 Å². The van der Waals surface area contributed by atoms with Gasteiger partial charge in [-0.25, -0.2) is 10.2 Å². The van der Waals surface area contributed by atoms with Crippen LogP contribution < -0.4 is 15.5 Å². The molecule has 0 saturated carbocycles. The Morgan fingerprint density at radius 2 is 1.53 bits per heavy atom. The molecule has 0 aliphatic rings. The van der Waals surface area contributed by atoms with Crippen molar-refractivity contribution in [3.05, 3.63) is 108 Å². The van der Waals surface area contributed by atoms with Gasteiger partial charge in [0.05, 0.1) is 11.8 Å². The molecule has 5 aromatic rings. The van der Waals surface area contributed by atoms with Crippen LogP contribution in [0.25, 0.3) is 21.3 Å². The van der Waals surface area contributed by atoms with Crippen molar-refractivity contribution in [2.24, 2.45) is 5.10 Å². The molecule has 0 aliphatic heterocycles. The van der Waals surface area contributed by atoms with Gasteiger partial charge in [-0.3, -0.25) is 14.9 Å². The number of ether oxygens (including phenoxy) is 1. The first kappa shape index (κ1) is 24.5. The standard InChI is InChI=1S/C28H19N5O4S/c34-24(30-28-33-32-26(38-28)20-8-2-1-3-9-20)25(35)31-29-17-18-13-15-21(16-14-18)37-27(36)23-12-6-10-19-7-4-5-11-22(19)23/h1-17H,(H,31,35)(H,30,33,34)/b29-17+. The minimum atomic E-state index is -0.960. The molecule has 0 unspecified atom stereocenters. The highest BCUT2D eigenvalue weighted by Gasteiger charge is 2.16. The van der Waals surface area contributed by atoms with E-state index < -0.39 is 17.8 Å². The third-order valence-electron chi connectivity index (χ3n) is 5.35. The summed E-state index contributed by atoms with van der Waals surface area (Å²) in [6, 6.07) is 28.9. The minimum Gasteiger partial charge on any atom is -0.423 e. The molecule has 10 heteroatoms. The van der Waals surface area contributed by atoms with Crippen LogP contribution >= 0.6 is 11.3 Å². The molecule has 0 fully saturated rings. The first-order valence-electron chi connectivity index (χ1n) is 11.4. The molecule has 38 heavy (non-hydrogen) atoms. The van der Waals surface area contributed by atoms with Crippen LogP contribution in [0.2, 0.25) is 0 Å². The second-order valence-electron chi connectivity index (χ2n) is 7.92. The summed E-state index contributed by atoms with van der Waals surface area (Å²) in [5.74, 6) is -1.99. The monoisotopic (exact) mass is 521 g/mol. The van der Waals surface area contributed by atoms with Gasteiger partial charge < -0.3 is 4.74 Å². The lowest BCUT2D eigenvalue weighted by Gasteiger charge is -2.07. The fourth-order valence-electron chi connectivity index (χ4n) is 3.53. The number of hydrogen-bond acceptors (Lipinski definition) is 8. The fourth-order valence-corrected chi connectivity index (χ4v) is 4.27. The first-order chi connectivity index (χ1) is 18.6. The summed E-state index contributed by atoms with van der Waals surface area (Å²) in [7, 11) is 0. The van der Waals surface area contributed by atoms with E-state index in [1.807, 2.05) is 66.7 Å². The Morgan fingerprint density at radius 3 is 2.34 bits per heavy atom. The van der Waals surface area contributed by atoms with Gasteiger partial charge in [-0.1, -0.05) is 78.1 Å². The van der Waals surface area contributed by atoms with Crippen molar-refractivity contribution in [3.8, 4) is 16.3 Å². The molecule has 1 aromatic heterocycles. The summed E-state index contributed by atoms with van der Waals surface area (Å²) in [5.41, 5.74) is 4.11. The molecular weight excluding hydrogens is 502 g/mol. The molecule has 0 bridgehead atoms. The second kappa shape index (κ2) is 11.2. The number of esters is 1. The van der Waals surface area contributed by atoms with Crippen LogP contribution in [-0.2, 0) is 9.59 Å². The zero-order valence-electron chi connectivity index (χ0n) is 19.7. The predicted octanol–water partition coefficient (Wildman–Crippen LogP) is 4.67. The van der Waals surface area contributed by atoms with Crippen LogP contribution in [0.4, 0.5) is 5.13 Å². The average molecular weight is 522 g/mol. The van der Waals surface area contributed by atoms with Gasteiger partial charge in [-0.05, 0) is 46.7 Å². The van der Waals surface area contributed by atoms with Crippen molar-refractivity contribution in [3.63, 3.8) is 0 Å². The second-order valence-corrected chi connectivity index (χ2v) is 8.89. The lowest BCUT2D eigenvalue weighted by molar-refractivity contribution is -0.136. The SMILES string of the molecule is O=C(N/N=C/c1ccc(OC(=O)c2cccc3ccccc23)cc1)C(=O)Nc1nnc(-c2ccccc2)s1. The number of hydrazone groups is 1. The molecule has 2 N–H and O–H groups in total. The van der Waals surface area contributed by atoms with Crippen LogP contribution in [0.15, 0.2) is 102 Å². The zero-order chi connectivity index (χ0) is 26.3. The van der Waals surface area contributed by atoms with E-state index >= 15 is 0 Å². The maximum Gasteiger partial charge on any atom is 0.344 e. The van der Waals surface area contributed by atoms with Crippen molar-refractivity contribution in [1.29, 1.82) is 0 Å². The molecule has 2 amide bonds. The maximum absolute atomic E-state index is 12.7. The molecule has 1 heterocycles. The van der Waals surface area contributed by atoms with Gasteiger partial charge in [0, 0.05) is 5.56 Å². The molecule has 0 spiro atoms. The lowest BCUT2D eigenvalue weighted by atomic mass is 10.0. The number of nitrogens with one attached hydrogen (secondary N) is 2. The van der Waals surface area contributed by atoms with Gasteiger partial charge in [0.25, 0.3) is 0 Å². The summed E-state index contributed by atoms with van der Waals surface area (Å²) >= 11 is 1.15. The summed E-state index contributed by atoms with van der Waals surface area (Å²) in [4.78, 5) is 36.9. The number of carbonyl (C=O) groups excluding carboxylic acids is 3. The van der Waals surface area contributed by atoms with E-state index in [2.05, 4.69) is 26.0 Å². The van der Waals surface area contributed by atoms with Gasteiger partial charge in [0.1, 0.15) is 10.8 Å². The van der Waals surface area contributed by atoms with Gasteiger partial charge >= 0.3 is 17.8 Å². The molecule has 0 aliphatic carbocycles. The summed E-state index contributed by atoms with van der Waals surface area (Å²) in [6.07, 6.45) is 1.36. The molecular formula is C28H19N5O4S. The van der Waals surface area contributed by atoms with E-state index in [1.54, 1.807) is 30.3 Å². The number of amides is 2. The van der Waals surface area contributed by atoms with Crippen molar-refractivity contribution in [2.45, 2.75) is 0 Å². The molecule has 0 atom stereocenters. The Balaban J connectivity index is 1.14. The molecule has 0 radical (unpaired) electrons. The van der Waals surface area contributed by atoms with E-state index in [-0.39, 0.29) is 5.13 Å². The Labute approximate surface area is 220 Å². The van der Waals surface area contributed by atoms with Crippen LogP contribution in [0, 0.1) is 0 Å². The normalized spacial score (nSPS) is 10.8. The van der Waals surface area contributed by atoms with Gasteiger partial charge in [-0.15, -0.1) is 10.2 Å². The molecule has 9 nitrogen and oxygen atoms in total. The third-order valence-corrected chi connectivity index (χ3v) is 6.24. The van der Waals surface area contributed by atoms with Gasteiger partial charge in [-0.2, -0.15) is 5.10 Å². The fraction of sp³-hybridized carbons (Fsp3) is 0. The molecule has 0 saturated heterocycles. The Bertz CT molecular complexity index is 1640. The lowest BCUT2D eigenvalue weighted by Crippen LogP contribution is -2.32. The number of anilines is 1. The van der Waals surface area contributed by atoms with Crippen molar-refractivity contribution >= 4 is 51.2 Å². The number of hydrogen-bond donors (Lipinski definition) is 2. The number of benzene rings is 4. The average Bonchev–Trinajstić information content (AvgIpc) is 3.42. The van der Waals surface area contributed by atoms with E-state index in [1.165, 1.54) is 6.21 Å². The Morgan fingerprint density at radius 1 is 0.789 bits per heavy atom. The summed E-state index contributed by atoms with van der Waals surface area (Å²) in [5, 5.41) is 16.7. The van der Waals surface area contributed by atoms with E-state index in [9.17, 15) is 14.4 Å². The number of nitrogens with zero attached hydrogens (tertiary/aromatic N) is 3. The van der Waals surface area contributed by atoms with Crippen molar-refractivity contribution in [2.75, 3.05) is 5.32 Å². The smallest absolute Gasteiger partial charge is 0.344 e. The van der Waals surface area contributed by atoms with Crippen LogP contribution in [-0.4, -0.2) is 34.2 Å². The molecule has 4 aromatic carbocycles.